The average molecular weight is 256 g/mol. The summed E-state index contributed by atoms with van der Waals surface area (Å²) in [7, 11) is 1.62. The Balaban J connectivity index is 2.49. The van der Waals surface area contributed by atoms with E-state index in [-0.39, 0.29) is 0 Å². The molecule has 0 N–H and O–H groups in total. The van der Waals surface area contributed by atoms with Gasteiger partial charge in [0.1, 0.15) is 11.8 Å². The molecule has 1 aromatic heterocycles. The van der Waals surface area contributed by atoms with Crippen molar-refractivity contribution in [2.45, 2.75) is 20.3 Å². The lowest BCUT2D eigenvalue weighted by Crippen LogP contribution is -2.06. The molecule has 0 bridgehead atoms. The molecule has 0 aliphatic heterocycles. The van der Waals surface area contributed by atoms with Crippen molar-refractivity contribution in [1.82, 2.24) is 15.0 Å². The first-order chi connectivity index (χ1) is 9.15. The van der Waals surface area contributed by atoms with Crippen molar-refractivity contribution >= 4 is 0 Å². The van der Waals surface area contributed by atoms with E-state index in [0.717, 1.165) is 23.6 Å². The first-order valence-electron chi connectivity index (χ1n) is 6.14. The minimum atomic E-state index is 0.386. The predicted molar refractivity (Wildman–Crippen MR) is 71.2 cm³/mol. The third-order valence-electron chi connectivity index (χ3n) is 2.77. The number of ether oxygens (including phenoxy) is 1. The van der Waals surface area contributed by atoms with Crippen LogP contribution in [0, 0.1) is 17.2 Å². The van der Waals surface area contributed by atoms with Crippen LogP contribution in [0.3, 0.4) is 0 Å². The maximum atomic E-state index is 9.10. The lowest BCUT2D eigenvalue weighted by molar-refractivity contribution is 0.414. The predicted octanol–water partition coefficient (Wildman–Crippen LogP) is 2.35. The molecule has 0 amide bonds. The van der Waals surface area contributed by atoms with Crippen molar-refractivity contribution < 1.29 is 4.74 Å². The Hall–Kier alpha value is -2.35. The van der Waals surface area contributed by atoms with Crippen LogP contribution in [0.1, 0.15) is 25.2 Å². The van der Waals surface area contributed by atoms with Gasteiger partial charge in [0, 0.05) is 6.07 Å². The van der Waals surface area contributed by atoms with Crippen LogP contribution in [0.2, 0.25) is 0 Å². The zero-order chi connectivity index (χ0) is 13.8. The number of methoxy groups -OCH3 is 1. The molecule has 1 heterocycles. The SMILES string of the molecule is COc1cccc(-n2nnc(C#N)c2CC(C)C)c1. The summed E-state index contributed by atoms with van der Waals surface area (Å²) in [6.07, 6.45) is 0.757. The lowest BCUT2D eigenvalue weighted by atomic mass is 10.1. The summed E-state index contributed by atoms with van der Waals surface area (Å²) >= 11 is 0. The van der Waals surface area contributed by atoms with Crippen LogP contribution in [0.4, 0.5) is 0 Å². The Labute approximate surface area is 112 Å². The van der Waals surface area contributed by atoms with Gasteiger partial charge in [0.05, 0.1) is 18.5 Å². The molecule has 0 aliphatic carbocycles. The fourth-order valence-corrected chi connectivity index (χ4v) is 1.91. The van der Waals surface area contributed by atoms with Crippen molar-refractivity contribution in [3.63, 3.8) is 0 Å². The number of hydrogen-bond acceptors (Lipinski definition) is 4. The summed E-state index contributed by atoms with van der Waals surface area (Å²) in [5.41, 5.74) is 2.08. The van der Waals surface area contributed by atoms with E-state index in [2.05, 4.69) is 30.2 Å². The Morgan fingerprint density at radius 1 is 1.42 bits per heavy atom. The molecule has 0 saturated heterocycles. The van der Waals surface area contributed by atoms with Gasteiger partial charge in [-0.3, -0.25) is 0 Å². The molecule has 2 rings (SSSR count). The smallest absolute Gasteiger partial charge is 0.186 e. The molecule has 0 aliphatic rings. The van der Waals surface area contributed by atoms with Gasteiger partial charge in [-0.25, -0.2) is 4.68 Å². The van der Waals surface area contributed by atoms with E-state index in [1.165, 1.54) is 0 Å². The molecule has 0 radical (unpaired) electrons. The van der Waals surface area contributed by atoms with Crippen LogP contribution in [0.25, 0.3) is 5.69 Å². The summed E-state index contributed by atoms with van der Waals surface area (Å²) in [5, 5.41) is 17.1. The highest BCUT2D eigenvalue weighted by molar-refractivity contribution is 5.41. The summed E-state index contributed by atoms with van der Waals surface area (Å²) < 4.78 is 6.91. The van der Waals surface area contributed by atoms with Gasteiger partial charge in [-0.1, -0.05) is 25.1 Å². The molecular weight excluding hydrogens is 240 g/mol. The van der Waals surface area contributed by atoms with E-state index in [4.69, 9.17) is 10.00 Å². The van der Waals surface area contributed by atoms with Crippen molar-refractivity contribution in [3.8, 4) is 17.5 Å². The van der Waals surface area contributed by atoms with Gasteiger partial charge in [-0.15, -0.1) is 5.10 Å². The van der Waals surface area contributed by atoms with Crippen molar-refractivity contribution in [1.29, 1.82) is 5.26 Å². The summed E-state index contributed by atoms with van der Waals surface area (Å²) in [6.45, 7) is 4.20. The fourth-order valence-electron chi connectivity index (χ4n) is 1.91. The number of hydrogen-bond donors (Lipinski definition) is 0. The van der Waals surface area contributed by atoms with Crippen molar-refractivity contribution in [2.75, 3.05) is 7.11 Å². The van der Waals surface area contributed by atoms with Gasteiger partial charge in [-0.05, 0) is 24.5 Å². The fraction of sp³-hybridized carbons (Fsp3) is 0.357. The molecule has 1 aromatic carbocycles. The van der Waals surface area contributed by atoms with E-state index < -0.39 is 0 Å². The van der Waals surface area contributed by atoms with E-state index >= 15 is 0 Å². The first-order valence-corrected chi connectivity index (χ1v) is 6.14. The molecule has 98 valence electrons. The number of nitrogens with zero attached hydrogens (tertiary/aromatic N) is 4. The minimum Gasteiger partial charge on any atom is -0.497 e. The quantitative estimate of drug-likeness (QED) is 0.842. The molecule has 0 spiro atoms. The summed E-state index contributed by atoms with van der Waals surface area (Å²) in [5.74, 6) is 1.18. The molecule has 0 saturated carbocycles. The molecule has 0 atom stereocenters. The summed E-state index contributed by atoms with van der Waals surface area (Å²) in [6, 6.07) is 9.65. The van der Waals surface area contributed by atoms with Gasteiger partial charge >= 0.3 is 0 Å². The van der Waals surface area contributed by atoms with Crippen LogP contribution in [0.15, 0.2) is 24.3 Å². The van der Waals surface area contributed by atoms with E-state index in [1.54, 1.807) is 11.8 Å². The minimum absolute atomic E-state index is 0.386. The van der Waals surface area contributed by atoms with E-state index in [0.29, 0.717) is 11.6 Å². The highest BCUT2D eigenvalue weighted by Gasteiger charge is 2.15. The zero-order valence-electron chi connectivity index (χ0n) is 11.3. The van der Waals surface area contributed by atoms with E-state index in [9.17, 15) is 0 Å². The van der Waals surface area contributed by atoms with Crippen LogP contribution in [-0.4, -0.2) is 22.1 Å². The van der Waals surface area contributed by atoms with Crippen molar-refractivity contribution in [2.24, 2.45) is 5.92 Å². The number of rotatable bonds is 4. The van der Waals surface area contributed by atoms with Crippen molar-refractivity contribution in [3.05, 3.63) is 35.7 Å². The Bertz CT molecular complexity index is 610. The second-order valence-electron chi connectivity index (χ2n) is 4.71. The molecule has 2 aromatic rings. The number of benzene rings is 1. The number of aromatic nitrogens is 3. The topological polar surface area (TPSA) is 63.7 Å². The highest BCUT2D eigenvalue weighted by Crippen LogP contribution is 2.20. The largest absolute Gasteiger partial charge is 0.497 e. The van der Waals surface area contributed by atoms with Gasteiger partial charge in [0.15, 0.2) is 5.69 Å². The highest BCUT2D eigenvalue weighted by atomic mass is 16.5. The second kappa shape index (κ2) is 5.53. The summed E-state index contributed by atoms with van der Waals surface area (Å²) in [4.78, 5) is 0. The molecule has 5 nitrogen and oxygen atoms in total. The molecule has 0 fully saturated rings. The Morgan fingerprint density at radius 2 is 2.21 bits per heavy atom. The average Bonchev–Trinajstić information content (AvgIpc) is 2.81. The molecule has 5 heteroatoms. The first kappa shape index (κ1) is 13.1. The Morgan fingerprint density at radius 3 is 2.84 bits per heavy atom. The van der Waals surface area contributed by atoms with Crippen LogP contribution < -0.4 is 4.74 Å². The lowest BCUT2D eigenvalue weighted by Gasteiger charge is -2.09. The third kappa shape index (κ3) is 2.74. The van der Waals surface area contributed by atoms with E-state index in [1.807, 2.05) is 24.3 Å². The second-order valence-corrected chi connectivity index (χ2v) is 4.71. The normalized spacial score (nSPS) is 10.5. The van der Waals surface area contributed by atoms with Gasteiger partial charge in [-0.2, -0.15) is 5.26 Å². The van der Waals surface area contributed by atoms with Crippen LogP contribution >= 0.6 is 0 Å². The van der Waals surface area contributed by atoms with Gasteiger partial charge in [0.2, 0.25) is 0 Å². The number of nitriles is 1. The van der Waals surface area contributed by atoms with Crippen LogP contribution in [-0.2, 0) is 6.42 Å². The van der Waals surface area contributed by atoms with Gasteiger partial charge in [0.25, 0.3) is 0 Å². The standard InChI is InChI=1S/C14H16N4O/c1-10(2)7-14-13(9-15)16-17-18(14)11-5-4-6-12(8-11)19-3/h4-6,8,10H,7H2,1-3H3. The molecule has 0 unspecified atom stereocenters. The third-order valence-corrected chi connectivity index (χ3v) is 2.77. The Kier molecular flexibility index (Phi) is 3.81. The maximum Gasteiger partial charge on any atom is 0.186 e. The van der Waals surface area contributed by atoms with Gasteiger partial charge < -0.3 is 4.74 Å². The van der Waals surface area contributed by atoms with Crippen LogP contribution in [0.5, 0.6) is 5.75 Å². The maximum absolute atomic E-state index is 9.10. The molecule has 19 heavy (non-hydrogen) atoms. The molecular formula is C14H16N4O. The monoisotopic (exact) mass is 256 g/mol. The zero-order valence-corrected chi connectivity index (χ0v) is 11.3.